The van der Waals surface area contributed by atoms with Crippen LogP contribution in [0.1, 0.15) is 70.1 Å². The van der Waals surface area contributed by atoms with Crippen LogP contribution in [0.2, 0.25) is 5.02 Å². The molecule has 1 aliphatic heterocycles. The van der Waals surface area contributed by atoms with Crippen LogP contribution in [0.4, 0.5) is 0 Å². The number of piperidine rings is 1. The highest BCUT2D eigenvalue weighted by Crippen LogP contribution is 2.32. The highest BCUT2D eigenvalue weighted by molar-refractivity contribution is 6.31. The molecule has 7 nitrogen and oxygen atoms in total. The Labute approximate surface area is 185 Å². The smallest absolute Gasteiger partial charge is 0.339 e. The van der Waals surface area contributed by atoms with Gasteiger partial charge >= 0.3 is 5.97 Å². The summed E-state index contributed by atoms with van der Waals surface area (Å²) in [6, 6.07) is 5.41. The highest BCUT2D eigenvalue weighted by Gasteiger charge is 2.31. The molecule has 3 aromatic rings. The summed E-state index contributed by atoms with van der Waals surface area (Å²) in [5.41, 5.74) is 3.86. The Hall–Kier alpha value is -2.80. The molecule has 1 aromatic carbocycles. The number of rotatable bonds is 5. The first-order chi connectivity index (χ1) is 14.9. The SMILES string of the molecule is CCCc1c(C(=O)N2CCC(c3nc4cc(Cl)ccc4o3)CC2)[nH]c(C)c1C(=O)OC. The standard InChI is InChI=1S/C23H26ClN3O4/c1-4-5-16-19(23(29)30-3)13(2)25-20(16)22(28)27-10-8-14(9-11-27)21-26-17-12-15(24)6-7-18(17)31-21/h6-7,12,14,25H,4-5,8-11H2,1-3H3. The van der Waals surface area contributed by atoms with E-state index in [1.807, 2.05) is 17.9 Å². The lowest BCUT2D eigenvalue weighted by molar-refractivity contribution is 0.0599. The third kappa shape index (κ3) is 4.06. The highest BCUT2D eigenvalue weighted by atomic mass is 35.5. The zero-order valence-electron chi connectivity index (χ0n) is 18.0. The van der Waals surface area contributed by atoms with Gasteiger partial charge in [0.2, 0.25) is 0 Å². The molecular formula is C23H26ClN3O4. The second-order valence-corrected chi connectivity index (χ2v) is 8.39. The number of methoxy groups -OCH3 is 1. The molecule has 1 aliphatic rings. The largest absolute Gasteiger partial charge is 0.465 e. The Morgan fingerprint density at radius 3 is 2.74 bits per heavy atom. The van der Waals surface area contributed by atoms with Gasteiger partial charge in [-0.2, -0.15) is 0 Å². The fourth-order valence-electron chi connectivity index (χ4n) is 4.32. The van der Waals surface area contributed by atoms with E-state index >= 15 is 0 Å². The van der Waals surface area contributed by atoms with Gasteiger partial charge in [0.1, 0.15) is 11.2 Å². The number of aromatic nitrogens is 2. The number of fused-ring (bicyclic) bond motifs is 1. The average molecular weight is 444 g/mol. The zero-order chi connectivity index (χ0) is 22.1. The summed E-state index contributed by atoms with van der Waals surface area (Å²) in [4.78, 5) is 35.1. The number of halogens is 1. The van der Waals surface area contributed by atoms with Crippen LogP contribution in [0.5, 0.6) is 0 Å². The number of aromatic amines is 1. The van der Waals surface area contributed by atoms with Gasteiger partial charge in [-0.1, -0.05) is 24.9 Å². The molecule has 0 aliphatic carbocycles. The third-order valence-electron chi connectivity index (χ3n) is 5.89. The first kappa shape index (κ1) is 21.4. The number of H-pyrrole nitrogens is 1. The molecule has 1 N–H and O–H groups in total. The number of nitrogens with one attached hydrogen (secondary N) is 1. The molecule has 0 spiro atoms. The van der Waals surface area contributed by atoms with Crippen molar-refractivity contribution in [1.29, 1.82) is 0 Å². The predicted octanol–water partition coefficient (Wildman–Crippen LogP) is 4.88. The van der Waals surface area contributed by atoms with Gasteiger partial charge in [0, 0.05) is 29.7 Å². The van der Waals surface area contributed by atoms with Crippen molar-refractivity contribution in [3.8, 4) is 0 Å². The lowest BCUT2D eigenvalue weighted by atomic mass is 9.96. The minimum absolute atomic E-state index is 0.0792. The molecule has 8 heteroatoms. The number of likely N-dealkylation sites (tertiary alicyclic amines) is 1. The number of nitrogens with zero attached hydrogens (tertiary/aromatic N) is 2. The number of aryl methyl sites for hydroxylation is 1. The number of amides is 1. The van der Waals surface area contributed by atoms with Gasteiger partial charge in [-0.3, -0.25) is 4.79 Å². The summed E-state index contributed by atoms with van der Waals surface area (Å²) in [5, 5.41) is 0.628. The van der Waals surface area contributed by atoms with Crippen molar-refractivity contribution < 1.29 is 18.7 Å². The Morgan fingerprint density at radius 2 is 2.06 bits per heavy atom. The average Bonchev–Trinajstić information content (AvgIpc) is 3.33. The third-order valence-corrected chi connectivity index (χ3v) is 6.13. The van der Waals surface area contributed by atoms with Crippen LogP contribution in [0.3, 0.4) is 0 Å². The zero-order valence-corrected chi connectivity index (χ0v) is 18.7. The van der Waals surface area contributed by atoms with Crippen LogP contribution in [-0.4, -0.2) is 46.9 Å². The molecule has 0 radical (unpaired) electrons. The van der Waals surface area contributed by atoms with Gasteiger partial charge in [0.15, 0.2) is 11.5 Å². The number of ether oxygens (including phenoxy) is 1. The molecule has 1 fully saturated rings. The molecule has 164 valence electrons. The first-order valence-corrected chi connectivity index (χ1v) is 11.0. The Morgan fingerprint density at radius 1 is 1.32 bits per heavy atom. The number of oxazole rings is 1. The molecule has 1 saturated heterocycles. The molecule has 0 bridgehead atoms. The van der Waals surface area contributed by atoms with E-state index in [9.17, 15) is 9.59 Å². The van der Waals surface area contributed by atoms with Gasteiger partial charge in [-0.25, -0.2) is 9.78 Å². The van der Waals surface area contributed by atoms with Gasteiger partial charge in [0.25, 0.3) is 5.91 Å². The van der Waals surface area contributed by atoms with Crippen LogP contribution in [0.25, 0.3) is 11.1 Å². The van der Waals surface area contributed by atoms with Crippen molar-refractivity contribution >= 4 is 34.6 Å². The molecular weight excluding hydrogens is 418 g/mol. The maximum Gasteiger partial charge on any atom is 0.339 e. The van der Waals surface area contributed by atoms with Gasteiger partial charge < -0.3 is 19.0 Å². The molecule has 2 aromatic heterocycles. The number of carbonyl (C=O) groups excluding carboxylic acids is 2. The van der Waals surface area contributed by atoms with Gasteiger partial charge in [0.05, 0.1) is 12.7 Å². The molecule has 4 rings (SSSR count). The summed E-state index contributed by atoms with van der Waals surface area (Å²) in [6.45, 7) is 5.02. The van der Waals surface area contributed by atoms with Crippen molar-refractivity contribution in [3.05, 3.63) is 51.6 Å². The molecule has 1 amide bonds. The van der Waals surface area contributed by atoms with E-state index in [4.69, 9.17) is 20.8 Å². The van der Waals surface area contributed by atoms with E-state index in [2.05, 4.69) is 9.97 Å². The number of benzene rings is 1. The Balaban J connectivity index is 1.51. The minimum atomic E-state index is -0.411. The Kier molecular flexibility index (Phi) is 6.05. The normalized spacial score (nSPS) is 14.9. The van der Waals surface area contributed by atoms with Crippen LogP contribution in [0, 0.1) is 6.92 Å². The molecule has 0 saturated carbocycles. The first-order valence-electron chi connectivity index (χ1n) is 10.6. The summed E-state index contributed by atoms with van der Waals surface area (Å²) in [6.07, 6.45) is 2.99. The summed E-state index contributed by atoms with van der Waals surface area (Å²) < 4.78 is 10.8. The topological polar surface area (TPSA) is 88.4 Å². The predicted molar refractivity (Wildman–Crippen MR) is 118 cm³/mol. The van der Waals surface area contributed by atoms with E-state index in [-0.39, 0.29) is 11.8 Å². The van der Waals surface area contributed by atoms with E-state index in [1.54, 1.807) is 19.1 Å². The monoisotopic (exact) mass is 443 g/mol. The van der Waals surface area contributed by atoms with E-state index < -0.39 is 5.97 Å². The molecule has 31 heavy (non-hydrogen) atoms. The molecule has 3 heterocycles. The number of hydrogen-bond acceptors (Lipinski definition) is 5. The summed E-state index contributed by atoms with van der Waals surface area (Å²) in [5.74, 6) is 0.358. The quantitative estimate of drug-likeness (QED) is 0.568. The van der Waals surface area contributed by atoms with Crippen molar-refractivity contribution in [2.75, 3.05) is 20.2 Å². The van der Waals surface area contributed by atoms with Crippen LogP contribution >= 0.6 is 11.6 Å². The van der Waals surface area contributed by atoms with Gasteiger partial charge in [-0.15, -0.1) is 0 Å². The maximum atomic E-state index is 13.3. The lowest BCUT2D eigenvalue weighted by Crippen LogP contribution is -2.38. The van der Waals surface area contributed by atoms with E-state index in [0.29, 0.717) is 47.4 Å². The maximum absolute atomic E-state index is 13.3. The van der Waals surface area contributed by atoms with E-state index in [1.165, 1.54) is 7.11 Å². The van der Waals surface area contributed by atoms with Gasteiger partial charge in [-0.05, 0) is 49.9 Å². The summed E-state index contributed by atoms with van der Waals surface area (Å²) >= 11 is 6.04. The second kappa shape index (κ2) is 8.75. The number of carbonyl (C=O) groups is 2. The molecule has 0 unspecified atom stereocenters. The fraction of sp³-hybridized carbons (Fsp3) is 0.435. The van der Waals surface area contributed by atoms with Crippen molar-refractivity contribution in [3.63, 3.8) is 0 Å². The van der Waals surface area contributed by atoms with Crippen molar-refractivity contribution in [1.82, 2.24) is 14.9 Å². The number of esters is 1. The Bertz CT molecular complexity index is 1130. The number of hydrogen-bond donors (Lipinski definition) is 1. The second-order valence-electron chi connectivity index (χ2n) is 7.95. The van der Waals surface area contributed by atoms with Crippen LogP contribution < -0.4 is 0 Å². The van der Waals surface area contributed by atoms with Crippen molar-refractivity contribution in [2.45, 2.75) is 45.4 Å². The lowest BCUT2D eigenvalue weighted by Gasteiger charge is -2.30. The van der Waals surface area contributed by atoms with Crippen molar-refractivity contribution in [2.24, 2.45) is 0 Å². The molecule has 0 atom stereocenters. The van der Waals surface area contributed by atoms with Crippen LogP contribution in [-0.2, 0) is 11.2 Å². The van der Waals surface area contributed by atoms with Crippen LogP contribution in [0.15, 0.2) is 22.6 Å². The van der Waals surface area contributed by atoms with E-state index in [0.717, 1.165) is 35.9 Å². The summed E-state index contributed by atoms with van der Waals surface area (Å²) in [7, 11) is 1.36. The minimum Gasteiger partial charge on any atom is -0.465 e. The fourth-order valence-corrected chi connectivity index (χ4v) is 4.48.